The molecule has 4 fully saturated rings. The number of hydrogen-bond acceptors (Lipinski definition) is 8. The summed E-state index contributed by atoms with van der Waals surface area (Å²) in [6.07, 6.45) is 4.94. The number of aromatic nitrogens is 2. The molecule has 0 aromatic carbocycles. The summed E-state index contributed by atoms with van der Waals surface area (Å²) in [5.74, 6) is 1.87. The van der Waals surface area contributed by atoms with Gasteiger partial charge in [-0.3, -0.25) is 4.79 Å². The molecule has 4 saturated heterocycles. The summed E-state index contributed by atoms with van der Waals surface area (Å²) in [7, 11) is 0. The van der Waals surface area contributed by atoms with Gasteiger partial charge >= 0.3 is 0 Å². The van der Waals surface area contributed by atoms with Crippen molar-refractivity contribution in [3.05, 3.63) is 12.4 Å². The molecule has 0 radical (unpaired) electrons. The van der Waals surface area contributed by atoms with Crippen LogP contribution in [0.1, 0.15) is 25.7 Å². The van der Waals surface area contributed by atoms with E-state index in [1.165, 1.54) is 0 Å². The molecule has 4 aliphatic heterocycles. The molecule has 0 N–H and O–H groups in total. The third-order valence-corrected chi connectivity index (χ3v) is 6.79. The van der Waals surface area contributed by atoms with E-state index in [0.717, 1.165) is 89.8 Å². The van der Waals surface area contributed by atoms with E-state index in [4.69, 9.17) is 14.2 Å². The Kier molecular flexibility index (Phi) is 5.75. The smallest absolute Gasteiger partial charge is 0.225 e. The Morgan fingerprint density at radius 3 is 2.10 bits per heavy atom. The zero-order chi connectivity index (χ0) is 20.4. The van der Waals surface area contributed by atoms with Crippen LogP contribution in [0.25, 0.3) is 0 Å². The summed E-state index contributed by atoms with van der Waals surface area (Å²) in [6, 6.07) is 2.07. The van der Waals surface area contributed by atoms with Crippen LogP contribution in [0.15, 0.2) is 12.4 Å². The minimum absolute atomic E-state index is 0.0984. The molecule has 9 heteroatoms. The predicted octanol–water partition coefficient (Wildman–Crippen LogP) is 0.895. The van der Waals surface area contributed by atoms with Crippen LogP contribution in [0.4, 0.5) is 11.6 Å². The monoisotopic (exact) mass is 417 g/mol. The van der Waals surface area contributed by atoms with Gasteiger partial charge in [0.05, 0.1) is 26.4 Å². The molecule has 30 heavy (non-hydrogen) atoms. The maximum absolute atomic E-state index is 13.0. The van der Waals surface area contributed by atoms with Gasteiger partial charge < -0.3 is 28.9 Å². The maximum Gasteiger partial charge on any atom is 0.225 e. The maximum atomic E-state index is 13.0. The first-order valence-electron chi connectivity index (χ1n) is 11.2. The number of morpholine rings is 1. The van der Waals surface area contributed by atoms with Crippen LogP contribution in [-0.4, -0.2) is 92.3 Å². The fourth-order valence-electron chi connectivity index (χ4n) is 4.94. The molecule has 0 unspecified atom stereocenters. The van der Waals surface area contributed by atoms with Gasteiger partial charge in [0, 0.05) is 64.1 Å². The van der Waals surface area contributed by atoms with E-state index in [2.05, 4.69) is 25.8 Å². The lowest BCUT2D eigenvalue weighted by Crippen LogP contribution is -2.50. The van der Waals surface area contributed by atoms with Crippen LogP contribution in [-0.2, 0) is 19.0 Å². The largest absolute Gasteiger partial charge is 0.378 e. The highest BCUT2D eigenvalue weighted by Crippen LogP contribution is 2.33. The average molecular weight is 418 g/mol. The molecule has 5 heterocycles. The standard InChI is InChI=1S/C21H31N5O4/c27-20(26-7-3-21(4-8-26)29-13-14-30-21)17-1-5-24(6-2-17)18-15-19(23-16-22-18)25-9-11-28-12-10-25/h15-17H,1-14H2. The van der Waals surface area contributed by atoms with Crippen molar-refractivity contribution in [3.63, 3.8) is 0 Å². The second-order valence-electron chi connectivity index (χ2n) is 8.53. The SMILES string of the molecule is O=C(C1CCN(c2cc(N3CCOCC3)ncn2)CC1)N1CCC2(CC1)OCCO2. The molecular weight excluding hydrogens is 386 g/mol. The first-order valence-corrected chi connectivity index (χ1v) is 11.2. The average Bonchev–Trinajstić information content (AvgIpc) is 3.28. The van der Waals surface area contributed by atoms with Gasteiger partial charge in [0.15, 0.2) is 5.79 Å². The first-order chi connectivity index (χ1) is 14.7. The van der Waals surface area contributed by atoms with Gasteiger partial charge in [-0.25, -0.2) is 9.97 Å². The number of piperidine rings is 2. The summed E-state index contributed by atoms with van der Waals surface area (Å²) in [5, 5.41) is 0. The fourth-order valence-corrected chi connectivity index (χ4v) is 4.94. The molecule has 164 valence electrons. The first kappa shape index (κ1) is 20.0. The molecule has 1 aromatic heterocycles. The number of nitrogens with zero attached hydrogens (tertiary/aromatic N) is 5. The number of ether oxygens (including phenoxy) is 3. The number of carbonyl (C=O) groups is 1. The Hall–Kier alpha value is -1.97. The number of rotatable bonds is 3. The van der Waals surface area contributed by atoms with Crippen LogP contribution >= 0.6 is 0 Å². The molecule has 9 nitrogen and oxygen atoms in total. The van der Waals surface area contributed by atoms with Gasteiger partial charge in [-0.15, -0.1) is 0 Å². The summed E-state index contributed by atoms with van der Waals surface area (Å²) >= 11 is 0. The van der Waals surface area contributed by atoms with Crippen molar-refractivity contribution in [1.82, 2.24) is 14.9 Å². The molecule has 0 atom stereocenters. The second kappa shape index (κ2) is 8.64. The third-order valence-electron chi connectivity index (χ3n) is 6.79. The molecule has 1 spiro atoms. The lowest BCUT2D eigenvalue weighted by Gasteiger charge is -2.40. The van der Waals surface area contributed by atoms with Gasteiger partial charge in [-0.2, -0.15) is 0 Å². The van der Waals surface area contributed by atoms with Crippen LogP contribution in [0, 0.1) is 5.92 Å². The van der Waals surface area contributed by atoms with Crippen molar-refractivity contribution in [2.45, 2.75) is 31.5 Å². The van der Waals surface area contributed by atoms with E-state index in [0.29, 0.717) is 19.1 Å². The lowest BCUT2D eigenvalue weighted by molar-refractivity contribution is -0.188. The van der Waals surface area contributed by atoms with Crippen molar-refractivity contribution in [1.29, 1.82) is 0 Å². The molecule has 0 aliphatic carbocycles. The Balaban J connectivity index is 1.14. The Labute approximate surface area is 177 Å². The molecule has 1 amide bonds. The Bertz CT molecular complexity index is 733. The van der Waals surface area contributed by atoms with Gasteiger partial charge in [0.1, 0.15) is 18.0 Å². The van der Waals surface area contributed by atoms with Crippen molar-refractivity contribution in [2.24, 2.45) is 5.92 Å². The van der Waals surface area contributed by atoms with Crippen molar-refractivity contribution < 1.29 is 19.0 Å². The summed E-state index contributed by atoms with van der Waals surface area (Å²) in [4.78, 5) is 28.5. The number of amides is 1. The lowest BCUT2D eigenvalue weighted by atomic mass is 9.93. The molecular formula is C21H31N5O4. The van der Waals surface area contributed by atoms with Crippen LogP contribution < -0.4 is 9.80 Å². The predicted molar refractivity (Wildman–Crippen MR) is 110 cm³/mol. The van der Waals surface area contributed by atoms with Crippen LogP contribution in [0.3, 0.4) is 0 Å². The van der Waals surface area contributed by atoms with Gasteiger partial charge in [-0.1, -0.05) is 0 Å². The Morgan fingerprint density at radius 1 is 0.867 bits per heavy atom. The molecule has 5 rings (SSSR count). The van der Waals surface area contributed by atoms with E-state index in [1.807, 2.05) is 4.90 Å². The third kappa shape index (κ3) is 4.10. The number of anilines is 2. The highest BCUT2D eigenvalue weighted by molar-refractivity contribution is 5.79. The summed E-state index contributed by atoms with van der Waals surface area (Å²) < 4.78 is 17.0. The minimum Gasteiger partial charge on any atom is -0.378 e. The summed E-state index contributed by atoms with van der Waals surface area (Å²) in [5.41, 5.74) is 0. The minimum atomic E-state index is -0.425. The Morgan fingerprint density at radius 2 is 1.47 bits per heavy atom. The normalized spacial score (nSPS) is 25.1. The van der Waals surface area contributed by atoms with E-state index in [-0.39, 0.29) is 5.92 Å². The van der Waals surface area contributed by atoms with E-state index < -0.39 is 5.79 Å². The van der Waals surface area contributed by atoms with Gasteiger partial charge in [-0.05, 0) is 12.8 Å². The highest BCUT2D eigenvalue weighted by atomic mass is 16.7. The number of likely N-dealkylation sites (tertiary alicyclic amines) is 1. The van der Waals surface area contributed by atoms with E-state index in [1.54, 1.807) is 6.33 Å². The molecule has 0 bridgehead atoms. The van der Waals surface area contributed by atoms with E-state index >= 15 is 0 Å². The zero-order valence-electron chi connectivity index (χ0n) is 17.5. The topological polar surface area (TPSA) is 80.3 Å². The molecule has 0 saturated carbocycles. The van der Waals surface area contributed by atoms with Crippen molar-refractivity contribution in [2.75, 3.05) is 75.5 Å². The van der Waals surface area contributed by atoms with Crippen LogP contribution in [0.5, 0.6) is 0 Å². The second-order valence-corrected chi connectivity index (χ2v) is 8.53. The van der Waals surface area contributed by atoms with E-state index in [9.17, 15) is 4.79 Å². The van der Waals surface area contributed by atoms with Gasteiger partial charge in [0.2, 0.25) is 5.91 Å². The fraction of sp³-hybridized carbons (Fsp3) is 0.762. The zero-order valence-corrected chi connectivity index (χ0v) is 17.5. The highest BCUT2D eigenvalue weighted by Gasteiger charge is 2.42. The van der Waals surface area contributed by atoms with Crippen molar-refractivity contribution in [3.8, 4) is 0 Å². The summed E-state index contributed by atoms with van der Waals surface area (Å²) in [6.45, 7) is 7.69. The van der Waals surface area contributed by atoms with Gasteiger partial charge in [0.25, 0.3) is 0 Å². The number of hydrogen-bond donors (Lipinski definition) is 0. The molecule has 4 aliphatic rings. The quantitative estimate of drug-likeness (QED) is 0.718. The number of carbonyl (C=O) groups excluding carboxylic acids is 1. The van der Waals surface area contributed by atoms with Crippen LogP contribution in [0.2, 0.25) is 0 Å². The molecule has 1 aromatic rings. The van der Waals surface area contributed by atoms with Crippen molar-refractivity contribution >= 4 is 17.5 Å².